The lowest BCUT2D eigenvalue weighted by molar-refractivity contribution is -0.160. The number of carbonyl (C=O) groups is 1. The molecule has 0 heterocycles. The second-order valence-electron chi connectivity index (χ2n) is 2.70. The standard InChI is InChI=1S/C9H6BrClF2O2/c10-9(12,13)8(14)15-5-6-2-1-3-7(11)4-6/h1-4H,5H2. The average molecular weight is 299 g/mol. The van der Waals surface area contributed by atoms with E-state index in [1.807, 2.05) is 15.9 Å². The summed E-state index contributed by atoms with van der Waals surface area (Å²) in [5, 5.41) is 0.453. The molecule has 0 N–H and O–H groups in total. The number of alkyl halides is 3. The van der Waals surface area contributed by atoms with Crippen LogP contribution in [0.3, 0.4) is 0 Å². The molecule has 1 aromatic rings. The first-order valence-electron chi connectivity index (χ1n) is 3.88. The van der Waals surface area contributed by atoms with Crippen molar-refractivity contribution in [3.63, 3.8) is 0 Å². The Morgan fingerprint density at radius 1 is 1.53 bits per heavy atom. The van der Waals surface area contributed by atoms with Gasteiger partial charge in [0.25, 0.3) is 0 Å². The number of hydrogen-bond donors (Lipinski definition) is 0. The SMILES string of the molecule is O=C(OCc1cccc(Cl)c1)C(F)(F)Br. The summed E-state index contributed by atoms with van der Waals surface area (Å²) in [5.41, 5.74) is 0.549. The lowest BCUT2D eigenvalue weighted by Crippen LogP contribution is -2.23. The number of rotatable bonds is 3. The van der Waals surface area contributed by atoms with Crippen LogP contribution in [0.2, 0.25) is 5.02 Å². The Hall–Kier alpha value is -0.680. The van der Waals surface area contributed by atoms with Crippen LogP contribution in [-0.2, 0) is 16.1 Å². The lowest BCUT2D eigenvalue weighted by Gasteiger charge is -2.08. The minimum Gasteiger partial charge on any atom is -0.456 e. The molecule has 1 rings (SSSR count). The van der Waals surface area contributed by atoms with Gasteiger partial charge in [-0.1, -0.05) is 23.7 Å². The van der Waals surface area contributed by atoms with Crippen LogP contribution in [0.15, 0.2) is 24.3 Å². The second kappa shape index (κ2) is 4.90. The van der Waals surface area contributed by atoms with Crippen molar-refractivity contribution in [1.29, 1.82) is 0 Å². The third-order valence-electron chi connectivity index (χ3n) is 1.49. The summed E-state index contributed by atoms with van der Waals surface area (Å²) in [7, 11) is 0. The number of esters is 1. The molecule has 82 valence electrons. The molecule has 0 unspecified atom stereocenters. The van der Waals surface area contributed by atoms with E-state index < -0.39 is 10.8 Å². The van der Waals surface area contributed by atoms with Crippen LogP contribution in [0.5, 0.6) is 0 Å². The van der Waals surface area contributed by atoms with E-state index in [4.69, 9.17) is 11.6 Å². The highest BCUT2D eigenvalue weighted by molar-refractivity contribution is 9.10. The molecule has 0 aromatic heterocycles. The molecule has 6 heteroatoms. The maximum atomic E-state index is 12.3. The third-order valence-corrected chi connectivity index (χ3v) is 2.05. The van der Waals surface area contributed by atoms with Crippen molar-refractivity contribution in [3.05, 3.63) is 34.9 Å². The molecule has 1 aromatic carbocycles. The molecule has 2 nitrogen and oxygen atoms in total. The normalized spacial score (nSPS) is 11.2. The molecule has 0 aliphatic heterocycles. The van der Waals surface area contributed by atoms with Gasteiger partial charge in [-0.25, -0.2) is 4.79 Å². The molecule has 0 saturated heterocycles. The summed E-state index contributed by atoms with van der Waals surface area (Å²) in [5.74, 6) is -1.62. The third kappa shape index (κ3) is 4.13. The van der Waals surface area contributed by atoms with Crippen molar-refractivity contribution in [3.8, 4) is 0 Å². The molecule has 0 amide bonds. The summed E-state index contributed by atoms with van der Waals surface area (Å²) in [6.45, 7) is -0.236. The van der Waals surface area contributed by atoms with Crippen LogP contribution in [0, 0.1) is 0 Å². The smallest absolute Gasteiger partial charge is 0.396 e. The van der Waals surface area contributed by atoms with E-state index in [9.17, 15) is 13.6 Å². The van der Waals surface area contributed by atoms with Crippen LogP contribution in [0.25, 0.3) is 0 Å². The average Bonchev–Trinajstić information content (AvgIpc) is 2.12. The Kier molecular flexibility index (Phi) is 4.04. The summed E-state index contributed by atoms with van der Waals surface area (Å²) in [6.07, 6.45) is 0. The topological polar surface area (TPSA) is 26.3 Å². The molecular weight excluding hydrogens is 293 g/mol. The van der Waals surface area contributed by atoms with Crippen LogP contribution in [0.4, 0.5) is 8.78 Å². The predicted molar refractivity (Wildman–Crippen MR) is 55.1 cm³/mol. The van der Waals surface area contributed by atoms with Crippen LogP contribution >= 0.6 is 27.5 Å². The highest BCUT2D eigenvalue weighted by Gasteiger charge is 2.36. The van der Waals surface area contributed by atoms with Gasteiger partial charge in [0.2, 0.25) is 0 Å². The molecular formula is C9H6BrClF2O2. The van der Waals surface area contributed by atoms with E-state index in [1.54, 1.807) is 18.2 Å². The molecule has 0 fully saturated rings. The molecule has 0 aliphatic carbocycles. The summed E-state index contributed by atoms with van der Waals surface area (Å²) in [6, 6.07) is 6.41. The molecule has 0 bridgehead atoms. The van der Waals surface area contributed by atoms with Gasteiger partial charge in [-0.05, 0) is 17.7 Å². The summed E-state index contributed by atoms with van der Waals surface area (Å²) < 4.78 is 29.0. The van der Waals surface area contributed by atoms with E-state index in [1.165, 1.54) is 6.07 Å². The van der Waals surface area contributed by atoms with Gasteiger partial charge in [-0.2, -0.15) is 8.78 Å². The molecule has 0 spiro atoms. The minimum atomic E-state index is -3.65. The summed E-state index contributed by atoms with van der Waals surface area (Å²) in [4.78, 5) is 7.02. The Bertz CT molecular complexity index is 365. The van der Waals surface area contributed by atoms with Crippen molar-refractivity contribution >= 4 is 33.5 Å². The Morgan fingerprint density at radius 2 is 2.20 bits per heavy atom. The fourth-order valence-corrected chi connectivity index (χ4v) is 1.18. The van der Waals surface area contributed by atoms with Gasteiger partial charge in [-0.15, -0.1) is 0 Å². The quantitative estimate of drug-likeness (QED) is 0.632. The maximum absolute atomic E-state index is 12.3. The first-order chi connectivity index (χ1) is 6.89. The number of halogens is 4. The number of ether oxygens (including phenoxy) is 1. The molecule has 0 atom stereocenters. The number of hydrogen-bond acceptors (Lipinski definition) is 2. The first kappa shape index (κ1) is 12.4. The lowest BCUT2D eigenvalue weighted by atomic mass is 10.2. The van der Waals surface area contributed by atoms with Gasteiger partial charge in [0.05, 0.1) is 0 Å². The minimum absolute atomic E-state index is 0.236. The van der Waals surface area contributed by atoms with Gasteiger partial charge in [0, 0.05) is 21.0 Å². The van der Waals surface area contributed by atoms with Gasteiger partial charge in [0.15, 0.2) is 0 Å². The van der Waals surface area contributed by atoms with Crippen LogP contribution < -0.4 is 0 Å². The summed E-state index contributed by atoms with van der Waals surface area (Å²) >= 11 is 7.55. The van der Waals surface area contributed by atoms with Crippen molar-refractivity contribution < 1.29 is 18.3 Å². The van der Waals surface area contributed by atoms with E-state index >= 15 is 0 Å². The van der Waals surface area contributed by atoms with E-state index in [2.05, 4.69) is 4.74 Å². The monoisotopic (exact) mass is 298 g/mol. The van der Waals surface area contributed by atoms with E-state index in [0.29, 0.717) is 10.6 Å². The molecule has 0 saturated carbocycles. The van der Waals surface area contributed by atoms with Gasteiger partial charge in [0.1, 0.15) is 6.61 Å². The number of carbonyl (C=O) groups excluding carboxylic acids is 1. The van der Waals surface area contributed by atoms with E-state index in [0.717, 1.165) is 0 Å². The van der Waals surface area contributed by atoms with Gasteiger partial charge >= 0.3 is 10.8 Å². The highest BCUT2D eigenvalue weighted by atomic mass is 79.9. The zero-order valence-electron chi connectivity index (χ0n) is 7.34. The van der Waals surface area contributed by atoms with Crippen LogP contribution in [0.1, 0.15) is 5.56 Å². The molecule has 0 radical (unpaired) electrons. The van der Waals surface area contributed by atoms with Crippen molar-refractivity contribution in [2.45, 2.75) is 11.4 Å². The molecule has 15 heavy (non-hydrogen) atoms. The number of benzene rings is 1. The van der Waals surface area contributed by atoms with Crippen molar-refractivity contribution in [2.75, 3.05) is 0 Å². The zero-order valence-corrected chi connectivity index (χ0v) is 9.69. The second-order valence-corrected chi connectivity index (χ2v) is 4.14. The fraction of sp³-hybridized carbons (Fsp3) is 0.222. The fourth-order valence-electron chi connectivity index (χ4n) is 0.857. The predicted octanol–water partition coefficient (Wildman–Crippen LogP) is 3.37. The van der Waals surface area contributed by atoms with Crippen molar-refractivity contribution in [2.24, 2.45) is 0 Å². The van der Waals surface area contributed by atoms with Crippen LogP contribution in [-0.4, -0.2) is 10.8 Å². The largest absolute Gasteiger partial charge is 0.456 e. The van der Waals surface area contributed by atoms with Gasteiger partial charge < -0.3 is 4.74 Å². The zero-order chi connectivity index (χ0) is 11.5. The highest BCUT2D eigenvalue weighted by Crippen LogP contribution is 2.23. The maximum Gasteiger partial charge on any atom is 0.396 e. The van der Waals surface area contributed by atoms with E-state index in [-0.39, 0.29) is 6.61 Å². The Labute approximate surface area is 98.3 Å². The molecule has 0 aliphatic rings. The van der Waals surface area contributed by atoms with Gasteiger partial charge in [-0.3, -0.25) is 0 Å². The Balaban J connectivity index is 2.55. The Morgan fingerprint density at radius 3 is 2.73 bits per heavy atom. The first-order valence-corrected chi connectivity index (χ1v) is 5.05. The van der Waals surface area contributed by atoms with Crippen molar-refractivity contribution in [1.82, 2.24) is 0 Å².